The number of nitrogens with zero attached hydrogens (tertiary/aromatic N) is 2. The van der Waals surface area contributed by atoms with Crippen molar-refractivity contribution in [3.8, 4) is 11.1 Å². The Morgan fingerprint density at radius 2 is 1.76 bits per heavy atom. The molecule has 0 radical (unpaired) electrons. The van der Waals surface area contributed by atoms with Crippen LogP contribution in [0.4, 0.5) is 5.82 Å². The van der Waals surface area contributed by atoms with E-state index >= 15 is 0 Å². The first-order chi connectivity index (χ1) is 8.36. The normalized spacial score (nSPS) is 10.6. The van der Waals surface area contributed by atoms with E-state index in [0.717, 1.165) is 21.9 Å². The highest BCUT2D eigenvalue weighted by Gasteiger charge is 2.08. The summed E-state index contributed by atoms with van der Waals surface area (Å²) >= 11 is 0. The number of hydrogen-bond acceptors (Lipinski definition) is 3. The molecule has 82 valence electrons. The molecule has 0 unspecified atom stereocenters. The Kier molecular flexibility index (Phi) is 2.22. The Morgan fingerprint density at radius 3 is 2.59 bits per heavy atom. The summed E-state index contributed by atoms with van der Waals surface area (Å²) in [6.45, 7) is 0. The van der Waals surface area contributed by atoms with Gasteiger partial charge in [0, 0.05) is 29.5 Å². The van der Waals surface area contributed by atoms with Gasteiger partial charge in [0.25, 0.3) is 0 Å². The lowest BCUT2D eigenvalue weighted by Gasteiger charge is -2.08. The van der Waals surface area contributed by atoms with Gasteiger partial charge in [-0.15, -0.1) is 0 Å². The molecule has 2 heterocycles. The predicted octanol–water partition coefficient (Wildman–Crippen LogP) is 2.88. The Bertz CT molecular complexity index is 663. The van der Waals surface area contributed by atoms with Crippen LogP contribution in [0.3, 0.4) is 0 Å². The second-order valence-electron chi connectivity index (χ2n) is 3.85. The third-order valence-corrected chi connectivity index (χ3v) is 2.78. The summed E-state index contributed by atoms with van der Waals surface area (Å²) in [4.78, 5) is 8.32. The van der Waals surface area contributed by atoms with Gasteiger partial charge in [-0.1, -0.05) is 30.3 Å². The molecule has 0 aliphatic heterocycles. The average Bonchev–Trinajstić information content (AvgIpc) is 2.39. The van der Waals surface area contributed by atoms with Crippen molar-refractivity contribution >= 4 is 16.6 Å². The van der Waals surface area contributed by atoms with E-state index in [1.54, 1.807) is 18.6 Å². The molecule has 3 aromatic rings. The number of fused-ring (bicyclic) bond motifs is 1. The number of nitrogens with two attached hydrogens (primary N) is 1. The SMILES string of the molecule is Nc1ncc2cnccc2c1-c1ccccc1. The topological polar surface area (TPSA) is 51.8 Å². The number of pyridine rings is 2. The van der Waals surface area contributed by atoms with Crippen LogP contribution in [0.2, 0.25) is 0 Å². The van der Waals surface area contributed by atoms with E-state index in [0.29, 0.717) is 5.82 Å². The first-order valence-corrected chi connectivity index (χ1v) is 5.40. The molecule has 3 heteroatoms. The van der Waals surface area contributed by atoms with Gasteiger partial charge in [0.05, 0.1) is 0 Å². The van der Waals surface area contributed by atoms with Gasteiger partial charge in [-0.3, -0.25) is 4.98 Å². The molecule has 0 saturated heterocycles. The molecule has 2 N–H and O–H groups in total. The van der Waals surface area contributed by atoms with Crippen LogP contribution in [0.5, 0.6) is 0 Å². The quantitative estimate of drug-likeness (QED) is 0.687. The largest absolute Gasteiger partial charge is 0.383 e. The monoisotopic (exact) mass is 221 g/mol. The van der Waals surface area contributed by atoms with Gasteiger partial charge in [0.2, 0.25) is 0 Å². The zero-order chi connectivity index (χ0) is 11.7. The van der Waals surface area contributed by atoms with Crippen molar-refractivity contribution in [2.75, 3.05) is 5.73 Å². The van der Waals surface area contributed by atoms with E-state index < -0.39 is 0 Å². The highest BCUT2D eigenvalue weighted by Crippen LogP contribution is 2.31. The zero-order valence-corrected chi connectivity index (χ0v) is 9.17. The smallest absolute Gasteiger partial charge is 0.131 e. The van der Waals surface area contributed by atoms with Crippen LogP contribution in [0, 0.1) is 0 Å². The first-order valence-electron chi connectivity index (χ1n) is 5.40. The number of hydrogen-bond donors (Lipinski definition) is 1. The van der Waals surface area contributed by atoms with Gasteiger partial charge in [-0.2, -0.15) is 0 Å². The molecule has 0 fully saturated rings. The van der Waals surface area contributed by atoms with Crippen LogP contribution in [-0.4, -0.2) is 9.97 Å². The van der Waals surface area contributed by atoms with Crippen molar-refractivity contribution in [1.82, 2.24) is 9.97 Å². The third kappa shape index (κ3) is 1.61. The minimum absolute atomic E-state index is 0.551. The van der Waals surface area contributed by atoms with Gasteiger partial charge in [0.15, 0.2) is 0 Å². The van der Waals surface area contributed by atoms with E-state index in [1.165, 1.54) is 0 Å². The van der Waals surface area contributed by atoms with Gasteiger partial charge >= 0.3 is 0 Å². The summed E-state index contributed by atoms with van der Waals surface area (Å²) in [5, 5.41) is 2.08. The van der Waals surface area contributed by atoms with Gasteiger partial charge in [-0.25, -0.2) is 4.98 Å². The van der Waals surface area contributed by atoms with Crippen molar-refractivity contribution in [1.29, 1.82) is 0 Å². The Labute approximate surface area is 98.9 Å². The van der Waals surface area contributed by atoms with E-state index in [1.807, 2.05) is 36.4 Å². The van der Waals surface area contributed by atoms with Crippen LogP contribution in [0.15, 0.2) is 55.0 Å². The minimum atomic E-state index is 0.551. The van der Waals surface area contributed by atoms with E-state index in [2.05, 4.69) is 9.97 Å². The van der Waals surface area contributed by atoms with Gasteiger partial charge < -0.3 is 5.73 Å². The standard InChI is InChI=1S/C14H11N3/c15-14-13(10-4-2-1-3-5-10)12-6-7-16-8-11(12)9-17-14/h1-9H,(H2,15,17). The van der Waals surface area contributed by atoms with Crippen molar-refractivity contribution < 1.29 is 0 Å². The number of rotatable bonds is 1. The first kappa shape index (κ1) is 9.78. The fourth-order valence-electron chi connectivity index (χ4n) is 1.99. The fourth-order valence-corrected chi connectivity index (χ4v) is 1.99. The molecule has 0 aliphatic rings. The molecule has 3 rings (SSSR count). The summed E-state index contributed by atoms with van der Waals surface area (Å²) in [7, 11) is 0. The summed E-state index contributed by atoms with van der Waals surface area (Å²) < 4.78 is 0. The number of nitrogen functional groups attached to an aromatic ring is 1. The number of benzene rings is 1. The summed E-state index contributed by atoms with van der Waals surface area (Å²) in [6.07, 6.45) is 5.33. The molecule has 0 amide bonds. The second-order valence-corrected chi connectivity index (χ2v) is 3.85. The molecular formula is C14H11N3. The van der Waals surface area contributed by atoms with E-state index in [-0.39, 0.29) is 0 Å². The van der Waals surface area contributed by atoms with Crippen LogP contribution < -0.4 is 5.73 Å². The zero-order valence-electron chi connectivity index (χ0n) is 9.17. The third-order valence-electron chi connectivity index (χ3n) is 2.78. The highest BCUT2D eigenvalue weighted by atomic mass is 14.8. The number of aromatic nitrogens is 2. The van der Waals surface area contributed by atoms with Crippen LogP contribution in [-0.2, 0) is 0 Å². The van der Waals surface area contributed by atoms with Crippen molar-refractivity contribution in [2.45, 2.75) is 0 Å². The average molecular weight is 221 g/mol. The summed E-state index contributed by atoms with van der Waals surface area (Å²) in [5.41, 5.74) is 8.04. The molecule has 0 spiro atoms. The molecule has 1 aromatic carbocycles. The minimum Gasteiger partial charge on any atom is -0.383 e. The number of anilines is 1. The van der Waals surface area contributed by atoms with Crippen LogP contribution >= 0.6 is 0 Å². The fraction of sp³-hybridized carbons (Fsp3) is 0. The van der Waals surface area contributed by atoms with E-state index in [9.17, 15) is 0 Å². The molecule has 3 nitrogen and oxygen atoms in total. The van der Waals surface area contributed by atoms with Crippen molar-refractivity contribution in [3.05, 3.63) is 55.0 Å². The molecule has 2 aromatic heterocycles. The molecule has 0 atom stereocenters. The molecule has 0 saturated carbocycles. The lowest BCUT2D eigenvalue weighted by atomic mass is 10.0. The summed E-state index contributed by atoms with van der Waals surface area (Å²) in [5.74, 6) is 0.551. The van der Waals surface area contributed by atoms with Gasteiger partial charge in [-0.05, 0) is 17.0 Å². The van der Waals surface area contributed by atoms with Gasteiger partial charge in [0.1, 0.15) is 5.82 Å². The van der Waals surface area contributed by atoms with E-state index in [4.69, 9.17) is 5.73 Å². The Balaban J connectivity index is 2.39. The van der Waals surface area contributed by atoms with Crippen molar-refractivity contribution in [3.63, 3.8) is 0 Å². The predicted molar refractivity (Wildman–Crippen MR) is 69.4 cm³/mol. The van der Waals surface area contributed by atoms with Crippen LogP contribution in [0.25, 0.3) is 21.9 Å². The maximum atomic E-state index is 5.99. The van der Waals surface area contributed by atoms with Crippen LogP contribution in [0.1, 0.15) is 0 Å². The maximum absolute atomic E-state index is 5.99. The Morgan fingerprint density at radius 1 is 0.941 bits per heavy atom. The molecule has 0 bridgehead atoms. The molecule has 17 heavy (non-hydrogen) atoms. The molecular weight excluding hydrogens is 210 g/mol. The lowest BCUT2D eigenvalue weighted by Crippen LogP contribution is -1.95. The van der Waals surface area contributed by atoms with Crippen molar-refractivity contribution in [2.24, 2.45) is 0 Å². The Hall–Kier alpha value is -2.42. The lowest BCUT2D eigenvalue weighted by molar-refractivity contribution is 1.32. The second kappa shape index (κ2) is 3.87. The summed E-state index contributed by atoms with van der Waals surface area (Å²) in [6, 6.07) is 12.0. The molecule has 0 aliphatic carbocycles. The highest BCUT2D eigenvalue weighted by molar-refractivity contribution is 6.00. The maximum Gasteiger partial charge on any atom is 0.131 e.